The standard InChI is InChI=1S/C20H25NO3S2/c1-20(2,26(23,24)18-8-6-5-7-9-18)19(22)16-10-12-17(13-11-16)25-15-14-21(3)4/h5-13H,14-15H2,1-4H3. The Bertz CT molecular complexity index is 842. The minimum Gasteiger partial charge on any atom is -0.309 e. The van der Waals surface area contributed by atoms with Gasteiger partial charge in [0.25, 0.3) is 0 Å². The molecule has 0 aliphatic rings. The van der Waals surface area contributed by atoms with Gasteiger partial charge in [0.05, 0.1) is 4.90 Å². The monoisotopic (exact) mass is 391 g/mol. The first-order chi connectivity index (χ1) is 12.2. The van der Waals surface area contributed by atoms with Gasteiger partial charge in [-0.2, -0.15) is 0 Å². The van der Waals surface area contributed by atoms with Crippen LogP contribution in [0.5, 0.6) is 0 Å². The van der Waals surface area contributed by atoms with Gasteiger partial charge in [0, 0.05) is 22.8 Å². The van der Waals surface area contributed by atoms with Crippen molar-refractivity contribution in [3.63, 3.8) is 0 Å². The van der Waals surface area contributed by atoms with E-state index in [1.807, 2.05) is 26.2 Å². The van der Waals surface area contributed by atoms with E-state index in [1.165, 1.54) is 26.0 Å². The Labute approximate surface area is 160 Å². The molecule has 0 saturated heterocycles. The lowest BCUT2D eigenvalue weighted by atomic mass is 10.0. The van der Waals surface area contributed by atoms with E-state index in [0.717, 1.165) is 17.2 Å². The van der Waals surface area contributed by atoms with Crippen LogP contribution >= 0.6 is 11.8 Å². The number of nitrogens with zero attached hydrogens (tertiary/aromatic N) is 1. The molecule has 2 aromatic carbocycles. The van der Waals surface area contributed by atoms with E-state index in [-0.39, 0.29) is 4.90 Å². The van der Waals surface area contributed by atoms with Gasteiger partial charge in [-0.15, -0.1) is 11.8 Å². The summed E-state index contributed by atoms with van der Waals surface area (Å²) in [7, 11) is 0.271. The zero-order valence-corrected chi connectivity index (χ0v) is 17.2. The fraction of sp³-hybridized carbons (Fsp3) is 0.350. The van der Waals surface area contributed by atoms with Crippen molar-refractivity contribution < 1.29 is 13.2 Å². The summed E-state index contributed by atoms with van der Waals surface area (Å²) in [5.41, 5.74) is 0.409. The molecule has 2 aromatic rings. The lowest BCUT2D eigenvalue weighted by molar-refractivity contribution is 0.0953. The smallest absolute Gasteiger partial charge is 0.190 e. The summed E-state index contributed by atoms with van der Waals surface area (Å²) in [6, 6.07) is 15.3. The molecule has 140 valence electrons. The highest BCUT2D eigenvalue weighted by Gasteiger charge is 2.42. The molecular weight excluding hydrogens is 366 g/mol. The average molecular weight is 392 g/mol. The minimum atomic E-state index is -3.78. The number of hydrogen-bond acceptors (Lipinski definition) is 5. The van der Waals surface area contributed by atoms with Crippen LogP contribution in [0.3, 0.4) is 0 Å². The van der Waals surface area contributed by atoms with E-state index in [2.05, 4.69) is 4.90 Å². The molecule has 0 spiro atoms. The van der Waals surface area contributed by atoms with Crippen LogP contribution in [0, 0.1) is 0 Å². The van der Waals surface area contributed by atoms with E-state index in [1.54, 1.807) is 42.1 Å². The van der Waals surface area contributed by atoms with Gasteiger partial charge >= 0.3 is 0 Å². The van der Waals surface area contributed by atoms with Crippen LogP contribution in [-0.4, -0.2) is 50.2 Å². The largest absolute Gasteiger partial charge is 0.309 e. The molecule has 0 aliphatic heterocycles. The van der Waals surface area contributed by atoms with Crippen LogP contribution < -0.4 is 0 Å². The number of thioether (sulfide) groups is 1. The molecule has 0 heterocycles. The Balaban J connectivity index is 2.19. The Morgan fingerprint density at radius 2 is 1.58 bits per heavy atom. The molecule has 0 bridgehead atoms. The Kier molecular flexibility index (Phi) is 6.66. The van der Waals surface area contributed by atoms with E-state index in [9.17, 15) is 13.2 Å². The normalized spacial score (nSPS) is 12.3. The number of hydrogen-bond donors (Lipinski definition) is 0. The van der Waals surface area contributed by atoms with Gasteiger partial charge < -0.3 is 4.90 Å². The quantitative estimate of drug-likeness (QED) is 0.506. The van der Waals surface area contributed by atoms with Crippen LogP contribution in [0.15, 0.2) is 64.4 Å². The van der Waals surface area contributed by atoms with Gasteiger partial charge in [-0.1, -0.05) is 30.3 Å². The topological polar surface area (TPSA) is 54.5 Å². The number of Topliss-reactive ketones (excluding diaryl/α,β-unsaturated/α-hetero) is 1. The molecule has 0 aromatic heterocycles. The average Bonchev–Trinajstić information content (AvgIpc) is 2.62. The molecule has 0 saturated carbocycles. The Morgan fingerprint density at radius 1 is 1.00 bits per heavy atom. The molecule has 4 nitrogen and oxygen atoms in total. The van der Waals surface area contributed by atoms with Crippen LogP contribution in [0.1, 0.15) is 24.2 Å². The van der Waals surface area contributed by atoms with Crippen molar-refractivity contribution in [1.82, 2.24) is 4.90 Å². The van der Waals surface area contributed by atoms with Crippen molar-refractivity contribution in [2.75, 3.05) is 26.4 Å². The van der Waals surface area contributed by atoms with E-state index in [0.29, 0.717) is 5.56 Å². The molecule has 26 heavy (non-hydrogen) atoms. The number of carbonyl (C=O) groups is 1. The number of ketones is 1. The zero-order valence-electron chi connectivity index (χ0n) is 15.6. The maximum absolute atomic E-state index is 12.9. The second-order valence-corrected chi connectivity index (χ2v) is 10.5. The summed E-state index contributed by atoms with van der Waals surface area (Å²) in [6.45, 7) is 3.91. The van der Waals surface area contributed by atoms with Gasteiger partial charge in [-0.05, 0) is 52.2 Å². The SMILES string of the molecule is CN(C)CCSc1ccc(C(=O)C(C)(C)S(=O)(=O)c2ccccc2)cc1. The maximum atomic E-state index is 12.9. The predicted octanol–water partition coefficient (Wildman–Crippen LogP) is 3.78. The second kappa shape index (κ2) is 8.37. The van der Waals surface area contributed by atoms with Gasteiger partial charge in [-0.3, -0.25) is 4.79 Å². The van der Waals surface area contributed by atoms with Crippen molar-refractivity contribution in [2.24, 2.45) is 0 Å². The molecule has 0 aliphatic carbocycles. The molecular formula is C20H25NO3S2. The molecule has 0 N–H and O–H groups in total. The molecule has 0 atom stereocenters. The molecule has 0 radical (unpaired) electrons. The van der Waals surface area contributed by atoms with Crippen molar-refractivity contribution in [1.29, 1.82) is 0 Å². The Morgan fingerprint density at radius 3 is 2.12 bits per heavy atom. The summed E-state index contributed by atoms with van der Waals surface area (Å²) in [6.07, 6.45) is 0. The fourth-order valence-electron chi connectivity index (χ4n) is 2.41. The third kappa shape index (κ3) is 4.55. The number of rotatable bonds is 8. The molecule has 6 heteroatoms. The first kappa shape index (κ1) is 20.7. The predicted molar refractivity (Wildman–Crippen MR) is 108 cm³/mol. The Hall–Kier alpha value is -1.63. The maximum Gasteiger partial charge on any atom is 0.190 e. The fourth-order valence-corrected chi connectivity index (χ4v) is 4.90. The van der Waals surface area contributed by atoms with E-state index < -0.39 is 20.4 Å². The van der Waals surface area contributed by atoms with Crippen molar-refractivity contribution in [3.05, 3.63) is 60.2 Å². The summed E-state index contributed by atoms with van der Waals surface area (Å²) in [4.78, 5) is 16.2. The van der Waals surface area contributed by atoms with E-state index >= 15 is 0 Å². The molecule has 0 fully saturated rings. The third-order valence-electron chi connectivity index (χ3n) is 4.20. The third-order valence-corrected chi connectivity index (χ3v) is 7.61. The molecule has 0 amide bonds. The summed E-state index contributed by atoms with van der Waals surface area (Å²) < 4.78 is 24.3. The lowest BCUT2D eigenvalue weighted by Crippen LogP contribution is -2.40. The number of benzene rings is 2. The van der Waals surface area contributed by atoms with Crippen molar-refractivity contribution in [2.45, 2.75) is 28.4 Å². The van der Waals surface area contributed by atoms with Crippen molar-refractivity contribution >= 4 is 27.4 Å². The van der Waals surface area contributed by atoms with Crippen LogP contribution in [-0.2, 0) is 9.84 Å². The number of sulfone groups is 1. The van der Waals surface area contributed by atoms with Crippen LogP contribution in [0.2, 0.25) is 0 Å². The number of carbonyl (C=O) groups excluding carboxylic acids is 1. The van der Waals surface area contributed by atoms with Crippen LogP contribution in [0.4, 0.5) is 0 Å². The minimum absolute atomic E-state index is 0.161. The second-order valence-electron chi connectivity index (χ2n) is 6.83. The van der Waals surface area contributed by atoms with Gasteiger partial charge in [0.2, 0.25) is 0 Å². The van der Waals surface area contributed by atoms with Crippen molar-refractivity contribution in [3.8, 4) is 0 Å². The summed E-state index contributed by atoms with van der Waals surface area (Å²) >= 11 is 1.71. The highest BCUT2D eigenvalue weighted by molar-refractivity contribution is 7.99. The molecule has 2 rings (SSSR count). The lowest BCUT2D eigenvalue weighted by Gasteiger charge is -2.23. The van der Waals surface area contributed by atoms with Gasteiger partial charge in [-0.25, -0.2) is 8.42 Å². The highest BCUT2D eigenvalue weighted by Crippen LogP contribution is 2.29. The van der Waals surface area contributed by atoms with Gasteiger partial charge in [0.15, 0.2) is 15.6 Å². The first-order valence-electron chi connectivity index (χ1n) is 8.38. The van der Waals surface area contributed by atoms with Gasteiger partial charge in [0.1, 0.15) is 4.75 Å². The highest BCUT2D eigenvalue weighted by atomic mass is 32.2. The summed E-state index contributed by atoms with van der Waals surface area (Å²) in [5, 5.41) is 0. The van der Waals surface area contributed by atoms with E-state index in [4.69, 9.17) is 0 Å². The molecule has 0 unspecified atom stereocenters. The van der Waals surface area contributed by atoms with Crippen LogP contribution in [0.25, 0.3) is 0 Å². The zero-order chi connectivity index (χ0) is 19.4. The first-order valence-corrected chi connectivity index (χ1v) is 10.8. The summed E-state index contributed by atoms with van der Waals surface area (Å²) in [5.74, 6) is 0.556.